The van der Waals surface area contributed by atoms with E-state index in [4.69, 9.17) is 19.6 Å². The molecule has 188 valence electrons. The van der Waals surface area contributed by atoms with Gasteiger partial charge in [-0.15, -0.1) is 0 Å². The van der Waals surface area contributed by atoms with Crippen molar-refractivity contribution in [2.24, 2.45) is 0 Å². The predicted octanol–water partition coefficient (Wildman–Crippen LogP) is 4.75. The van der Waals surface area contributed by atoms with Gasteiger partial charge in [0.05, 0.1) is 11.4 Å². The summed E-state index contributed by atoms with van der Waals surface area (Å²) in [7, 11) is 0. The van der Waals surface area contributed by atoms with Crippen molar-refractivity contribution in [1.29, 1.82) is 0 Å². The maximum absolute atomic E-state index is 12.8. The molecular formula is C22H21F5N4O4. The lowest BCUT2D eigenvalue weighted by atomic mass is 9.97. The van der Waals surface area contributed by atoms with Crippen LogP contribution < -0.4 is 5.32 Å². The first kappa shape index (κ1) is 26.0. The molecule has 3 aromatic rings. The smallest absolute Gasteiger partial charge is 0.475 e. The van der Waals surface area contributed by atoms with E-state index < -0.39 is 30.2 Å². The topological polar surface area (TPSA) is 106 Å². The normalized spacial score (nSPS) is 14.5. The zero-order valence-electron chi connectivity index (χ0n) is 18.4. The molecule has 0 unspecified atom stereocenters. The zero-order chi connectivity index (χ0) is 25.8. The summed E-state index contributed by atoms with van der Waals surface area (Å²) in [6, 6.07) is 5.81. The Labute approximate surface area is 195 Å². The van der Waals surface area contributed by atoms with Gasteiger partial charge in [-0.05, 0) is 43.5 Å². The van der Waals surface area contributed by atoms with E-state index in [0.717, 1.165) is 43.0 Å². The van der Waals surface area contributed by atoms with Crippen LogP contribution in [-0.2, 0) is 9.53 Å². The van der Waals surface area contributed by atoms with E-state index in [9.17, 15) is 26.7 Å². The minimum Gasteiger partial charge on any atom is -0.475 e. The highest BCUT2D eigenvalue weighted by atomic mass is 19.4. The standard InChI is InChI=1S/C20H20F2N4O2.C2HF3O2/c1-12-9-14(23-20(27)16-4-2-3-15(24-16)18(21)22)10-26-11-17(25-19(12)26)13-5-7-28-8-6-13;3-2(4,5)1(6)7/h2-4,9-11,13,18H,5-8H2,1H3,(H,23,27);(H,6,7). The number of nitrogens with one attached hydrogen (secondary N) is 1. The van der Waals surface area contributed by atoms with Crippen LogP contribution in [0.2, 0.25) is 0 Å². The summed E-state index contributed by atoms with van der Waals surface area (Å²) >= 11 is 0. The Kier molecular flexibility index (Phi) is 7.99. The van der Waals surface area contributed by atoms with Gasteiger partial charge >= 0.3 is 12.1 Å². The molecule has 1 fully saturated rings. The van der Waals surface area contributed by atoms with E-state index >= 15 is 0 Å². The summed E-state index contributed by atoms with van der Waals surface area (Å²) < 4.78 is 64.7. The third-order valence-corrected chi connectivity index (χ3v) is 5.12. The van der Waals surface area contributed by atoms with Crippen molar-refractivity contribution in [2.75, 3.05) is 18.5 Å². The number of carboxylic acids is 1. The highest BCUT2D eigenvalue weighted by Crippen LogP contribution is 2.28. The van der Waals surface area contributed by atoms with E-state index in [1.165, 1.54) is 18.2 Å². The number of imidazole rings is 1. The first-order valence-electron chi connectivity index (χ1n) is 10.4. The van der Waals surface area contributed by atoms with Crippen LogP contribution in [0.4, 0.5) is 27.6 Å². The molecule has 0 saturated carbocycles. The van der Waals surface area contributed by atoms with E-state index in [0.29, 0.717) is 11.6 Å². The van der Waals surface area contributed by atoms with Gasteiger partial charge in [-0.2, -0.15) is 13.2 Å². The number of carbonyl (C=O) groups excluding carboxylic acids is 1. The average Bonchev–Trinajstić information content (AvgIpc) is 3.24. The molecule has 13 heteroatoms. The molecule has 3 aromatic heterocycles. The lowest BCUT2D eigenvalue weighted by Gasteiger charge is -2.19. The van der Waals surface area contributed by atoms with Gasteiger partial charge in [0, 0.05) is 31.5 Å². The molecule has 1 aliphatic heterocycles. The lowest BCUT2D eigenvalue weighted by Crippen LogP contribution is -2.21. The fraction of sp³-hybridized carbons (Fsp3) is 0.364. The number of pyridine rings is 2. The predicted molar refractivity (Wildman–Crippen MR) is 114 cm³/mol. The maximum atomic E-state index is 12.8. The number of alkyl halides is 5. The molecule has 0 radical (unpaired) electrons. The van der Waals surface area contributed by atoms with Gasteiger partial charge in [-0.3, -0.25) is 4.79 Å². The second kappa shape index (κ2) is 10.8. The monoisotopic (exact) mass is 500 g/mol. The second-order valence-corrected chi connectivity index (χ2v) is 7.70. The SMILES string of the molecule is Cc1cc(NC(=O)c2cccc(C(F)F)n2)cn2cc(C3CCOCC3)nc12.O=C(O)C(F)(F)F. The van der Waals surface area contributed by atoms with Crippen molar-refractivity contribution in [2.45, 2.75) is 38.3 Å². The summed E-state index contributed by atoms with van der Waals surface area (Å²) in [4.78, 5) is 29.8. The van der Waals surface area contributed by atoms with Gasteiger partial charge in [0.15, 0.2) is 0 Å². The number of halogens is 5. The Bertz CT molecular complexity index is 1210. The highest BCUT2D eigenvalue weighted by Gasteiger charge is 2.38. The number of nitrogens with zero attached hydrogens (tertiary/aromatic N) is 3. The number of carboxylic acid groups (broad SMARTS) is 1. The minimum absolute atomic E-state index is 0.0518. The maximum Gasteiger partial charge on any atom is 0.490 e. The van der Waals surface area contributed by atoms with Gasteiger partial charge in [-0.25, -0.2) is 23.5 Å². The van der Waals surface area contributed by atoms with Crippen LogP contribution in [0, 0.1) is 6.92 Å². The fourth-order valence-corrected chi connectivity index (χ4v) is 3.44. The molecule has 1 amide bonds. The molecule has 1 saturated heterocycles. The third-order valence-electron chi connectivity index (χ3n) is 5.12. The minimum atomic E-state index is -5.08. The summed E-state index contributed by atoms with van der Waals surface area (Å²) in [5.74, 6) is -2.93. The van der Waals surface area contributed by atoms with Gasteiger partial charge < -0.3 is 19.6 Å². The van der Waals surface area contributed by atoms with Crippen molar-refractivity contribution >= 4 is 23.2 Å². The summed E-state index contributed by atoms with van der Waals surface area (Å²) in [6.07, 6.45) is -2.17. The number of fused-ring (bicyclic) bond motifs is 1. The molecule has 1 aliphatic rings. The molecule has 0 spiro atoms. The molecule has 4 rings (SSSR count). The second-order valence-electron chi connectivity index (χ2n) is 7.70. The van der Waals surface area contributed by atoms with E-state index in [1.807, 2.05) is 23.6 Å². The highest BCUT2D eigenvalue weighted by molar-refractivity contribution is 6.02. The molecule has 0 aliphatic carbocycles. The van der Waals surface area contributed by atoms with Crippen LogP contribution in [0.3, 0.4) is 0 Å². The largest absolute Gasteiger partial charge is 0.490 e. The van der Waals surface area contributed by atoms with E-state index in [2.05, 4.69) is 10.3 Å². The van der Waals surface area contributed by atoms with E-state index in [-0.39, 0.29) is 5.69 Å². The summed E-state index contributed by atoms with van der Waals surface area (Å²) in [6.45, 7) is 3.40. The number of hydrogen-bond donors (Lipinski definition) is 2. The summed E-state index contributed by atoms with van der Waals surface area (Å²) in [5.41, 5.74) is 2.83. The van der Waals surface area contributed by atoms with Crippen molar-refractivity contribution in [3.05, 3.63) is 59.3 Å². The van der Waals surface area contributed by atoms with Crippen LogP contribution >= 0.6 is 0 Å². The number of aryl methyl sites for hydroxylation is 1. The zero-order valence-corrected chi connectivity index (χ0v) is 18.4. The number of aliphatic carboxylic acids is 1. The van der Waals surface area contributed by atoms with E-state index in [1.54, 1.807) is 6.20 Å². The van der Waals surface area contributed by atoms with Gasteiger partial charge in [0.1, 0.15) is 17.0 Å². The molecule has 0 atom stereocenters. The number of carbonyl (C=O) groups is 2. The molecule has 35 heavy (non-hydrogen) atoms. The number of aromatic nitrogens is 3. The van der Waals surface area contributed by atoms with Crippen molar-refractivity contribution < 1.29 is 41.4 Å². The van der Waals surface area contributed by atoms with Crippen molar-refractivity contribution in [3.8, 4) is 0 Å². The molecule has 4 heterocycles. The quantitative estimate of drug-likeness (QED) is 0.501. The first-order chi connectivity index (χ1) is 16.5. The Morgan fingerprint density at radius 3 is 2.43 bits per heavy atom. The summed E-state index contributed by atoms with van der Waals surface area (Å²) in [5, 5.41) is 9.86. The van der Waals surface area contributed by atoms with Crippen molar-refractivity contribution in [1.82, 2.24) is 14.4 Å². The molecule has 2 N–H and O–H groups in total. The third kappa shape index (κ3) is 6.72. The number of amides is 1. The van der Waals surface area contributed by atoms with Crippen LogP contribution in [0.5, 0.6) is 0 Å². The van der Waals surface area contributed by atoms with Crippen LogP contribution in [0.15, 0.2) is 36.7 Å². The van der Waals surface area contributed by atoms with Crippen LogP contribution in [-0.4, -0.2) is 50.7 Å². The van der Waals surface area contributed by atoms with Crippen LogP contribution in [0.25, 0.3) is 5.65 Å². The fourth-order valence-electron chi connectivity index (χ4n) is 3.44. The number of rotatable bonds is 4. The molecule has 0 bridgehead atoms. The Balaban J connectivity index is 0.000000429. The first-order valence-corrected chi connectivity index (χ1v) is 10.4. The van der Waals surface area contributed by atoms with Crippen LogP contribution in [0.1, 0.15) is 52.6 Å². The molecule has 0 aromatic carbocycles. The molecule has 8 nitrogen and oxygen atoms in total. The van der Waals surface area contributed by atoms with Gasteiger partial charge in [-0.1, -0.05) is 6.07 Å². The number of anilines is 1. The number of ether oxygens (including phenoxy) is 1. The average molecular weight is 500 g/mol. The van der Waals surface area contributed by atoms with Crippen molar-refractivity contribution in [3.63, 3.8) is 0 Å². The Morgan fingerprint density at radius 1 is 1.17 bits per heavy atom. The van der Waals surface area contributed by atoms with Gasteiger partial charge in [0.2, 0.25) is 0 Å². The Morgan fingerprint density at radius 2 is 1.83 bits per heavy atom. The number of hydrogen-bond acceptors (Lipinski definition) is 5. The van der Waals surface area contributed by atoms with Gasteiger partial charge in [0.25, 0.3) is 12.3 Å². The molecular weight excluding hydrogens is 479 g/mol. The Hall–Kier alpha value is -3.61. The lowest BCUT2D eigenvalue weighted by molar-refractivity contribution is -0.192.